The van der Waals surface area contributed by atoms with Gasteiger partial charge in [0.15, 0.2) is 0 Å². The van der Waals surface area contributed by atoms with Crippen molar-refractivity contribution in [3.05, 3.63) is 0 Å². The summed E-state index contributed by atoms with van der Waals surface area (Å²) >= 11 is 0. The van der Waals surface area contributed by atoms with Gasteiger partial charge in [-0.2, -0.15) is 0 Å². The molecular formula is C9H15NO2. The predicted octanol–water partition coefficient (Wildman–Crippen LogP) is 0.727. The number of amides is 1. The third kappa shape index (κ3) is 1.04. The van der Waals surface area contributed by atoms with Crippen LogP contribution < -0.4 is 0 Å². The molecule has 1 amide bonds. The van der Waals surface area contributed by atoms with E-state index in [9.17, 15) is 4.79 Å². The summed E-state index contributed by atoms with van der Waals surface area (Å²) < 4.78 is 0. The number of carbonyl (C=O) groups is 1. The number of aliphatic hydroxyl groups is 1. The van der Waals surface area contributed by atoms with Crippen LogP contribution in [0.2, 0.25) is 0 Å². The largest absolute Gasteiger partial charge is 0.376 e. The van der Waals surface area contributed by atoms with Gasteiger partial charge in [-0.3, -0.25) is 4.79 Å². The molecule has 0 unspecified atom stereocenters. The van der Waals surface area contributed by atoms with Gasteiger partial charge in [0, 0.05) is 6.04 Å². The second kappa shape index (κ2) is 3.05. The first-order chi connectivity index (χ1) is 5.84. The maximum atomic E-state index is 11.3. The fourth-order valence-corrected chi connectivity index (χ4v) is 2.42. The highest BCUT2D eigenvalue weighted by atomic mass is 16.3. The number of hydrogen-bond acceptors (Lipinski definition) is 2. The van der Waals surface area contributed by atoms with Crippen molar-refractivity contribution < 1.29 is 9.90 Å². The summed E-state index contributed by atoms with van der Waals surface area (Å²) in [5, 5.41) is 8.89. The first-order valence-corrected chi connectivity index (χ1v) is 4.76. The van der Waals surface area contributed by atoms with E-state index < -0.39 is 0 Å². The zero-order valence-corrected chi connectivity index (χ0v) is 7.20. The van der Waals surface area contributed by atoms with Gasteiger partial charge in [-0.05, 0) is 12.8 Å². The molecule has 1 saturated carbocycles. The third-order valence-electron chi connectivity index (χ3n) is 3.13. The summed E-state index contributed by atoms with van der Waals surface area (Å²) in [6.07, 6.45) is 5.79. The van der Waals surface area contributed by atoms with Gasteiger partial charge in [-0.1, -0.05) is 19.3 Å². The van der Waals surface area contributed by atoms with E-state index in [0.29, 0.717) is 6.04 Å². The number of β-lactam (4-membered cyclic amide) rings is 1. The van der Waals surface area contributed by atoms with Crippen LogP contribution in [-0.2, 0) is 4.79 Å². The Labute approximate surface area is 72.4 Å². The molecule has 0 aromatic carbocycles. The number of hydrogen-bond donors (Lipinski definition) is 1. The summed E-state index contributed by atoms with van der Waals surface area (Å²) in [4.78, 5) is 13.0. The highest BCUT2D eigenvalue weighted by Gasteiger charge is 2.46. The summed E-state index contributed by atoms with van der Waals surface area (Å²) in [5.74, 6) is 0.420. The number of carbonyl (C=O) groups excluding carboxylic acids is 1. The second-order valence-corrected chi connectivity index (χ2v) is 3.76. The fraction of sp³-hybridized carbons (Fsp3) is 0.889. The van der Waals surface area contributed by atoms with Crippen LogP contribution in [0.15, 0.2) is 0 Å². The van der Waals surface area contributed by atoms with Crippen molar-refractivity contribution in [3.63, 3.8) is 0 Å². The Hall–Kier alpha value is -0.570. The van der Waals surface area contributed by atoms with E-state index in [4.69, 9.17) is 5.11 Å². The third-order valence-corrected chi connectivity index (χ3v) is 3.13. The van der Waals surface area contributed by atoms with Crippen LogP contribution in [0.25, 0.3) is 0 Å². The monoisotopic (exact) mass is 169 g/mol. The molecule has 0 aromatic rings. The Morgan fingerprint density at radius 1 is 1.33 bits per heavy atom. The van der Waals surface area contributed by atoms with Crippen molar-refractivity contribution in [2.45, 2.75) is 38.1 Å². The summed E-state index contributed by atoms with van der Waals surface area (Å²) in [7, 11) is 0. The Morgan fingerprint density at radius 3 is 2.83 bits per heavy atom. The minimum atomic E-state index is -0.0833. The summed E-state index contributed by atoms with van der Waals surface area (Å²) in [6, 6.07) is 0.366. The van der Waals surface area contributed by atoms with E-state index in [0.717, 1.165) is 12.8 Å². The van der Waals surface area contributed by atoms with Gasteiger partial charge in [0.25, 0.3) is 0 Å². The zero-order valence-electron chi connectivity index (χ0n) is 7.20. The molecule has 3 heteroatoms. The smallest absolute Gasteiger partial charge is 0.229 e. The normalized spacial score (nSPS) is 35.4. The molecule has 3 nitrogen and oxygen atoms in total. The Balaban J connectivity index is 2.03. The van der Waals surface area contributed by atoms with E-state index in [1.807, 2.05) is 0 Å². The van der Waals surface area contributed by atoms with E-state index in [-0.39, 0.29) is 18.6 Å². The highest BCUT2D eigenvalue weighted by Crippen LogP contribution is 2.36. The minimum Gasteiger partial charge on any atom is -0.376 e. The average molecular weight is 169 g/mol. The van der Waals surface area contributed by atoms with Crippen molar-refractivity contribution in [2.24, 2.45) is 5.92 Å². The number of aliphatic hydroxyl groups excluding tert-OH is 1. The van der Waals surface area contributed by atoms with E-state index in [2.05, 4.69) is 0 Å². The van der Waals surface area contributed by atoms with Crippen LogP contribution in [0.5, 0.6) is 0 Å². The van der Waals surface area contributed by atoms with Crippen molar-refractivity contribution in [1.29, 1.82) is 0 Å². The topological polar surface area (TPSA) is 40.5 Å². The zero-order chi connectivity index (χ0) is 8.55. The van der Waals surface area contributed by atoms with Gasteiger partial charge in [-0.25, -0.2) is 0 Å². The number of fused-ring (bicyclic) bond motifs is 1. The van der Waals surface area contributed by atoms with Crippen LogP contribution in [0.4, 0.5) is 0 Å². The van der Waals surface area contributed by atoms with Crippen molar-refractivity contribution in [3.8, 4) is 0 Å². The lowest BCUT2D eigenvalue weighted by molar-refractivity contribution is -0.163. The molecule has 0 bridgehead atoms. The molecule has 2 fully saturated rings. The van der Waals surface area contributed by atoms with E-state index in [1.165, 1.54) is 19.3 Å². The molecule has 68 valence electrons. The molecule has 12 heavy (non-hydrogen) atoms. The molecule has 2 aliphatic rings. The van der Waals surface area contributed by atoms with Gasteiger partial charge in [0.1, 0.15) is 6.73 Å². The lowest BCUT2D eigenvalue weighted by Crippen LogP contribution is -2.60. The molecule has 1 heterocycles. The minimum absolute atomic E-state index is 0.0833. The predicted molar refractivity (Wildman–Crippen MR) is 44.3 cm³/mol. The molecule has 1 aliphatic heterocycles. The molecule has 0 radical (unpaired) electrons. The van der Waals surface area contributed by atoms with Gasteiger partial charge in [-0.15, -0.1) is 0 Å². The first kappa shape index (κ1) is 8.05. The van der Waals surface area contributed by atoms with Crippen LogP contribution in [0, 0.1) is 5.92 Å². The number of rotatable bonds is 1. The van der Waals surface area contributed by atoms with E-state index >= 15 is 0 Å². The number of nitrogens with zero attached hydrogens (tertiary/aromatic N) is 1. The Morgan fingerprint density at radius 2 is 2.08 bits per heavy atom. The molecule has 0 spiro atoms. The Kier molecular flexibility index (Phi) is 2.05. The molecule has 2 atom stereocenters. The SMILES string of the molecule is O=C1[C@H]2CCCCC[C@H]2N1CO. The molecule has 1 aliphatic carbocycles. The lowest BCUT2D eigenvalue weighted by Gasteiger charge is -2.45. The van der Waals surface area contributed by atoms with Crippen molar-refractivity contribution in [2.75, 3.05) is 6.73 Å². The molecule has 2 rings (SSSR count). The van der Waals surface area contributed by atoms with Crippen LogP contribution in [0.1, 0.15) is 32.1 Å². The lowest BCUT2D eigenvalue weighted by atomic mass is 9.84. The van der Waals surface area contributed by atoms with E-state index in [1.54, 1.807) is 4.90 Å². The fourth-order valence-electron chi connectivity index (χ4n) is 2.42. The second-order valence-electron chi connectivity index (χ2n) is 3.76. The maximum Gasteiger partial charge on any atom is 0.229 e. The molecule has 1 N–H and O–H groups in total. The Bertz CT molecular complexity index is 193. The summed E-state index contributed by atoms with van der Waals surface area (Å²) in [6.45, 7) is -0.0833. The van der Waals surface area contributed by atoms with Crippen LogP contribution in [0.3, 0.4) is 0 Å². The van der Waals surface area contributed by atoms with Crippen molar-refractivity contribution >= 4 is 5.91 Å². The standard InChI is InChI=1S/C9H15NO2/c11-6-10-8-5-3-1-2-4-7(8)9(10)12/h7-8,11H,1-6H2/t7-,8+/m0/s1. The quantitative estimate of drug-likeness (QED) is 0.588. The first-order valence-electron chi connectivity index (χ1n) is 4.76. The van der Waals surface area contributed by atoms with Crippen LogP contribution >= 0.6 is 0 Å². The number of likely N-dealkylation sites (tertiary alicyclic amines) is 1. The molecular weight excluding hydrogens is 154 g/mol. The molecule has 0 aromatic heterocycles. The van der Waals surface area contributed by atoms with Gasteiger partial charge in [0.2, 0.25) is 5.91 Å². The molecule has 1 saturated heterocycles. The van der Waals surface area contributed by atoms with Crippen molar-refractivity contribution in [1.82, 2.24) is 4.90 Å². The maximum absolute atomic E-state index is 11.3. The highest BCUT2D eigenvalue weighted by molar-refractivity contribution is 5.85. The van der Waals surface area contributed by atoms with Crippen LogP contribution in [-0.4, -0.2) is 28.7 Å². The average Bonchev–Trinajstić information content (AvgIpc) is 2.28. The van der Waals surface area contributed by atoms with Gasteiger partial charge < -0.3 is 10.0 Å². The van der Waals surface area contributed by atoms with Gasteiger partial charge >= 0.3 is 0 Å². The van der Waals surface area contributed by atoms with Gasteiger partial charge in [0.05, 0.1) is 5.92 Å². The summed E-state index contributed by atoms with van der Waals surface area (Å²) in [5.41, 5.74) is 0.